The van der Waals surface area contributed by atoms with Crippen molar-refractivity contribution in [2.75, 3.05) is 11.4 Å². The zero-order valence-electron chi connectivity index (χ0n) is 16.6. The zero-order valence-corrected chi connectivity index (χ0v) is 16.6. The van der Waals surface area contributed by atoms with Crippen LogP contribution in [0.4, 0.5) is 5.82 Å². The largest absolute Gasteiger partial charge is 0.507 e. The standard InChI is InChI=1S/C23H24N6O/c30-22-13-18(28-9-7-24-14-28)5-6-20(22)21-10-15-2-1-8-29(23(15)27-26-21)19-11-16-3-4-17(12-19)25-16/h1-2,5-7,9-10,13-14,16-17,19,25,30H,3-4,8,11-12H2/t16-,17+,19?. The average Bonchev–Trinajstić information content (AvgIpc) is 3.42. The lowest BCUT2D eigenvalue weighted by molar-refractivity contribution is 0.349. The van der Waals surface area contributed by atoms with Gasteiger partial charge in [0.1, 0.15) is 5.75 Å². The van der Waals surface area contributed by atoms with E-state index in [-0.39, 0.29) is 5.75 Å². The van der Waals surface area contributed by atoms with E-state index in [0.29, 0.717) is 29.4 Å². The van der Waals surface area contributed by atoms with Gasteiger partial charge < -0.3 is 19.9 Å². The Kier molecular flexibility index (Phi) is 4.09. The van der Waals surface area contributed by atoms with Crippen molar-refractivity contribution in [3.63, 3.8) is 0 Å². The minimum Gasteiger partial charge on any atom is -0.507 e. The van der Waals surface area contributed by atoms with E-state index in [9.17, 15) is 5.11 Å². The Balaban J connectivity index is 1.31. The number of fused-ring (bicyclic) bond motifs is 3. The van der Waals surface area contributed by atoms with Gasteiger partial charge in [0, 0.05) is 54.3 Å². The molecule has 3 atom stereocenters. The van der Waals surface area contributed by atoms with E-state index in [0.717, 1.165) is 23.6 Å². The summed E-state index contributed by atoms with van der Waals surface area (Å²) in [5, 5.41) is 23.5. The molecule has 5 heterocycles. The Morgan fingerprint density at radius 3 is 2.70 bits per heavy atom. The molecule has 1 unspecified atom stereocenters. The number of phenolic OH excluding ortho intramolecular Hbond substituents is 1. The van der Waals surface area contributed by atoms with Gasteiger partial charge in [0.05, 0.1) is 17.7 Å². The second-order valence-electron chi connectivity index (χ2n) is 8.50. The van der Waals surface area contributed by atoms with Gasteiger partial charge in [-0.15, -0.1) is 10.2 Å². The molecule has 0 spiro atoms. The number of imidazole rings is 1. The molecule has 0 radical (unpaired) electrons. The lowest BCUT2D eigenvalue weighted by Crippen LogP contribution is -2.49. The molecule has 0 saturated carbocycles. The van der Waals surface area contributed by atoms with Crippen molar-refractivity contribution in [1.82, 2.24) is 25.1 Å². The first-order valence-electron chi connectivity index (χ1n) is 10.6. The Morgan fingerprint density at radius 2 is 1.93 bits per heavy atom. The van der Waals surface area contributed by atoms with Crippen LogP contribution in [-0.2, 0) is 0 Å². The van der Waals surface area contributed by atoms with E-state index in [1.807, 2.05) is 29.0 Å². The third-order valence-electron chi connectivity index (χ3n) is 6.62. The van der Waals surface area contributed by atoms with Gasteiger partial charge >= 0.3 is 0 Å². The minimum absolute atomic E-state index is 0.182. The number of anilines is 1. The summed E-state index contributed by atoms with van der Waals surface area (Å²) >= 11 is 0. The van der Waals surface area contributed by atoms with Crippen LogP contribution in [0, 0.1) is 0 Å². The highest BCUT2D eigenvalue weighted by molar-refractivity contribution is 5.75. The van der Waals surface area contributed by atoms with Crippen molar-refractivity contribution in [3.05, 3.63) is 54.6 Å². The van der Waals surface area contributed by atoms with E-state index < -0.39 is 0 Å². The molecule has 3 aliphatic rings. The number of benzene rings is 1. The van der Waals surface area contributed by atoms with Crippen molar-refractivity contribution >= 4 is 11.9 Å². The number of aromatic hydroxyl groups is 1. The molecule has 7 nitrogen and oxygen atoms in total. The number of phenols is 1. The first-order valence-corrected chi connectivity index (χ1v) is 10.6. The molecule has 6 rings (SSSR count). The number of nitrogens with zero attached hydrogens (tertiary/aromatic N) is 5. The van der Waals surface area contributed by atoms with Crippen LogP contribution in [0.5, 0.6) is 5.75 Å². The summed E-state index contributed by atoms with van der Waals surface area (Å²) in [5.41, 5.74) is 3.28. The van der Waals surface area contributed by atoms with Crippen LogP contribution < -0.4 is 10.2 Å². The van der Waals surface area contributed by atoms with Gasteiger partial charge in [-0.3, -0.25) is 0 Å². The van der Waals surface area contributed by atoms with Crippen LogP contribution in [0.2, 0.25) is 0 Å². The van der Waals surface area contributed by atoms with Crippen molar-refractivity contribution in [3.8, 4) is 22.7 Å². The fraction of sp³-hybridized carbons (Fsp3) is 0.348. The number of rotatable bonds is 3. The average molecular weight is 400 g/mol. The van der Waals surface area contributed by atoms with Gasteiger partial charge in [-0.25, -0.2) is 4.98 Å². The molecule has 2 saturated heterocycles. The molecular weight excluding hydrogens is 376 g/mol. The maximum absolute atomic E-state index is 10.6. The minimum atomic E-state index is 0.182. The third kappa shape index (κ3) is 2.97. The van der Waals surface area contributed by atoms with Crippen LogP contribution in [0.1, 0.15) is 31.2 Å². The molecule has 3 aliphatic heterocycles. The van der Waals surface area contributed by atoms with Crippen molar-refractivity contribution in [2.45, 2.75) is 43.8 Å². The SMILES string of the molecule is Oc1cc(-n2ccnc2)ccc1-c1cc2c(nn1)N(C1C[C@H]3CC[C@@H](C1)N3)CC=C2. The molecule has 3 aromatic rings. The highest BCUT2D eigenvalue weighted by Gasteiger charge is 2.37. The summed E-state index contributed by atoms with van der Waals surface area (Å²) in [4.78, 5) is 6.48. The third-order valence-corrected chi connectivity index (χ3v) is 6.62. The number of hydrogen-bond donors (Lipinski definition) is 2. The summed E-state index contributed by atoms with van der Waals surface area (Å²) in [6.07, 6.45) is 14.5. The smallest absolute Gasteiger partial charge is 0.159 e. The molecular formula is C23H24N6O. The second-order valence-corrected chi connectivity index (χ2v) is 8.50. The van der Waals surface area contributed by atoms with Gasteiger partial charge in [0.2, 0.25) is 0 Å². The maximum atomic E-state index is 10.6. The van der Waals surface area contributed by atoms with Crippen molar-refractivity contribution in [1.29, 1.82) is 0 Å². The molecule has 0 aliphatic carbocycles. The summed E-state index contributed by atoms with van der Waals surface area (Å²) in [7, 11) is 0. The maximum Gasteiger partial charge on any atom is 0.159 e. The monoisotopic (exact) mass is 400 g/mol. The Bertz CT molecular complexity index is 1100. The fourth-order valence-electron chi connectivity index (χ4n) is 5.17. The van der Waals surface area contributed by atoms with Crippen LogP contribution in [-0.4, -0.2) is 49.5 Å². The summed E-state index contributed by atoms with van der Waals surface area (Å²) in [6, 6.07) is 9.39. The summed E-state index contributed by atoms with van der Waals surface area (Å²) in [5.74, 6) is 1.14. The molecule has 2 fully saturated rings. The van der Waals surface area contributed by atoms with E-state index in [1.54, 1.807) is 18.6 Å². The molecule has 2 N–H and O–H groups in total. The Hall–Kier alpha value is -3.19. The fourth-order valence-corrected chi connectivity index (χ4v) is 5.17. The predicted octanol–water partition coefficient (Wildman–Crippen LogP) is 3.15. The van der Waals surface area contributed by atoms with Gasteiger partial charge in [0.15, 0.2) is 5.82 Å². The van der Waals surface area contributed by atoms with Crippen LogP contribution in [0.3, 0.4) is 0 Å². The highest BCUT2D eigenvalue weighted by Crippen LogP contribution is 2.36. The molecule has 30 heavy (non-hydrogen) atoms. The zero-order chi connectivity index (χ0) is 20.1. The first kappa shape index (κ1) is 17.7. The van der Waals surface area contributed by atoms with Crippen LogP contribution in [0.15, 0.2) is 49.1 Å². The molecule has 7 heteroatoms. The van der Waals surface area contributed by atoms with Gasteiger partial charge in [-0.1, -0.05) is 12.2 Å². The Labute approximate surface area is 175 Å². The summed E-state index contributed by atoms with van der Waals surface area (Å²) in [6.45, 7) is 0.885. The number of nitrogens with one attached hydrogen (secondary N) is 1. The van der Waals surface area contributed by atoms with Crippen molar-refractivity contribution < 1.29 is 5.11 Å². The van der Waals surface area contributed by atoms with E-state index in [1.165, 1.54) is 25.7 Å². The molecule has 2 bridgehead atoms. The van der Waals surface area contributed by atoms with Gasteiger partial charge in [0.25, 0.3) is 0 Å². The Morgan fingerprint density at radius 1 is 1.07 bits per heavy atom. The van der Waals surface area contributed by atoms with E-state index in [4.69, 9.17) is 0 Å². The second kappa shape index (κ2) is 6.95. The molecule has 2 aromatic heterocycles. The van der Waals surface area contributed by atoms with E-state index >= 15 is 0 Å². The lowest BCUT2D eigenvalue weighted by atomic mass is 9.96. The first-order chi connectivity index (χ1) is 14.7. The lowest BCUT2D eigenvalue weighted by Gasteiger charge is -2.39. The van der Waals surface area contributed by atoms with Crippen LogP contribution in [0.25, 0.3) is 23.0 Å². The topological polar surface area (TPSA) is 79.1 Å². The van der Waals surface area contributed by atoms with Crippen molar-refractivity contribution in [2.24, 2.45) is 0 Å². The molecule has 1 aromatic carbocycles. The highest BCUT2D eigenvalue weighted by atomic mass is 16.3. The molecule has 152 valence electrons. The number of hydrogen-bond acceptors (Lipinski definition) is 6. The number of piperidine rings is 1. The quantitative estimate of drug-likeness (QED) is 0.703. The van der Waals surface area contributed by atoms with Gasteiger partial charge in [-0.05, 0) is 43.9 Å². The normalized spacial score (nSPS) is 24.8. The van der Waals surface area contributed by atoms with Crippen LogP contribution >= 0.6 is 0 Å². The molecule has 0 amide bonds. The van der Waals surface area contributed by atoms with E-state index in [2.05, 4.69) is 37.6 Å². The summed E-state index contributed by atoms with van der Waals surface area (Å²) < 4.78 is 1.86. The number of aromatic nitrogens is 4. The van der Waals surface area contributed by atoms with Gasteiger partial charge in [-0.2, -0.15) is 0 Å². The predicted molar refractivity (Wildman–Crippen MR) is 116 cm³/mol.